The number of nitrogens with one attached hydrogen (secondary N) is 2. The van der Waals surface area contributed by atoms with E-state index >= 15 is 0 Å². The van der Waals surface area contributed by atoms with Gasteiger partial charge >= 0.3 is 0 Å². The maximum Gasteiger partial charge on any atom is 0.187 e. The fraction of sp³-hybridized carbons (Fsp3) is 0.259. The van der Waals surface area contributed by atoms with Gasteiger partial charge in [-0.05, 0) is 65.5 Å². The molecule has 0 amide bonds. The lowest BCUT2D eigenvalue weighted by atomic mass is 9.99. The first kappa shape index (κ1) is 26.8. The van der Waals surface area contributed by atoms with Gasteiger partial charge in [-0.25, -0.2) is 0 Å². The van der Waals surface area contributed by atoms with Crippen LogP contribution in [0, 0.1) is 0 Å². The van der Waals surface area contributed by atoms with Gasteiger partial charge in [-0.3, -0.25) is 5.43 Å². The summed E-state index contributed by atoms with van der Waals surface area (Å²) in [6.07, 6.45) is 2.69. The van der Waals surface area contributed by atoms with Crippen LogP contribution < -0.4 is 20.2 Å². The lowest BCUT2D eigenvalue weighted by molar-refractivity contribution is 0.217. The molecule has 0 radical (unpaired) electrons. The van der Waals surface area contributed by atoms with Crippen molar-refractivity contribution in [2.24, 2.45) is 5.10 Å². The maximum atomic E-state index is 6.38. The van der Waals surface area contributed by atoms with Crippen LogP contribution in [0.1, 0.15) is 42.9 Å². The molecule has 3 rings (SSSR count). The van der Waals surface area contributed by atoms with E-state index in [4.69, 9.17) is 44.9 Å². The molecule has 3 aromatic rings. The van der Waals surface area contributed by atoms with Crippen molar-refractivity contribution >= 4 is 46.7 Å². The molecule has 0 fully saturated rings. The monoisotopic (exact) mass is 529 g/mol. The predicted molar refractivity (Wildman–Crippen MR) is 149 cm³/mol. The first-order chi connectivity index (χ1) is 17.0. The molecular formula is C27H29Cl2N3O2S. The van der Waals surface area contributed by atoms with Gasteiger partial charge in [-0.15, -0.1) is 0 Å². The Hall–Kier alpha value is -2.80. The Morgan fingerprint density at radius 1 is 1.00 bits per heavy atom. The first-order valence-corrected chi connectivity index (χ1v) is 12.6. The number of hydrogen-bond acceptors (Lipinski definition) is 4. The van der Waals surface area contributed by atoms with Gasteiger partial charge in [-0.1, -0.05) is 79.5 Å². The van der Waals surface area contributed by atoms with Crippen molar-refractivity contribution in [2.75, 3.05) is 13.2 Å². The van der Waals surface area contributed by atoms with Gasteiger partial charge in [0.05, 0.1) is 16.3 Å². The van der Waals surface area contributed by atoms with Crippen molar-refractivity contribution < 1.29 is 9.47 Å². The average Bonchev–Trinajstić information content (AvgIpc) is 2.87. The molecule has 35 heavy (non-hydrogen) atoms. The van der Waals surface area contributed by atoms with Gasteiger partial charge in [0.15, 0.2) is 10.9 Å². The second kappa shape index (κ2) is 13.9. The van der Waals surface area contributed by atoms with Crippen LogP contribution in [-0.4, -0.2) is 24.5 Å². The van der Waals surface area contributed by atoms with E-state index in [0.717, 1.165) is 17.7 Å². The summed E-state index contributed by atoms with van der Waals surface area (Å²) in [5, 5.41) is 8.43. The number of benzene rings is 3. The molecule has 0 aliphatic heterocycles. The van der Waals surface area contributed by atoms with Crippen LogP contribution in [-0.2, 0) is 6.54 Å². The number of hydrazone groups is 1. The molecule has 0 bridgehead atoms. The number of nitrogens with zero attached hydrogens (tertiary/aromatic N) is 1. The number of thiocarbonyl (C=S) groups is 1. The lowest BCUT2D eigenvalue weighted by Gasteiger charge is -2.13. The molecule has 0 aliphatic rings. The van der Waals surface area contributed by atoms with Crippen molar-refractivity contribution in [3.05, 3.63) is 93.5 Å². The minimum absolute atomic E-state index is 0.308. The zero-order valence-electron chi connectivity index (χ0n) is 19.8. The molecule has 0 heterocycles. The predicted octanol–water partition coefficient (Wildman–Crippen LogP) is 6.96. The van der Waals surface area contributed by atoms with Crippen molar-refractivity contribution in [1.82, 2.24) is 10.7 Å². The molecule has 0 unspecified atom stereocenters. The summed E-state index contributed by atoms with van der Waals surface area (Å²) in [5.41, 5.74) is 5.92. The second-order valence-corrected chi connectivity index (χ2v) is 9.15. The highest BCUT2D eigenvalue weighted by Crippen LogP contribution is 2.33. The number of ether oxygens (including phenoxy) is 2. The Labute approximate surface area is 222 Å². The molecule has 0 aromatic heterocycles. The average molecular weight is 531 g/mol. The van der Waals surface area contributed by atoms with Crippen LogP contribution in [0.15, 0.2) is 71.8 Å². The summed E-state index contributed by atoms with van der Waals surface area (Å²) in [6, 6.07) is 21.6. The molecule has 0 aliphatic carbocycles. The summed E-state index contributed by atoms with van der Waals surface area (Å²) < 4.78 is 11.5. The highest BCUT2D eigenvalue weighted by Gasteiger charge is 2.10. The van der Waals surface area contributed by atoms with Crippen LogP contribution in [0.5, 0.6) is 11.5 Å². The molecule has 2 N–H and O–H groups in total. The Morgan fingerprint density at radius 3 is 2.31 bits per heavy atom. The van der Waals surface area contributed by atoms with Gasteiger partial charge in [0.25, 0.3) is 0 Å². The number of halogens is 2. The number of hydrogen-bond donors (Lipinski definition) is 2. The molecule has 0 saturated carbocycles. The summed E-state index contributed by atoms with van der Waals surface area (Å²) in [4.78, 5) is 0. The summed E-state index contributed by atoms with van der Waals surface area (Å²) in [6.45, 7) is 5.68. The summed E-state index contributed by atoms with van der Waals surface area (Å²) >= 11 is 18.0. The van der Waals surface area contributed by atoms with Gasteiger partial charge in [-0.2, -0.15) is 5.10 Å². The van der Waals surface area contributed by atoms with E-state index < -0.39 is 0 Å². The highest BCUT2D eigenvalue weighted by atomic mass is 35.5. The van der Waals surface area contributed by atoms with Crippen LogP contribution in [0.4, 0.5) is 0 Å². The molecule has 0 saturated heterocycles. The standard InChI is InChI=1S/C27H29Cl2N3O2S/c1-3-19(2)22-9-11-23(12-10-22)33-13-14-34-26-24(28)15-21(16-25(26)29)18-31-32-27(35)30-17-20-7-5-4-6-8-20/h4-12,15-16,18-19H,3,13-14,17H2,1-2H3,(H2,30,32,35)/b31-18-/t19-/m0/s1. The van der Waals surface area contributed by atoms with E-state index in [0.29, 0.717) is 52.1 Å². The van der Waals surface area contributed by atoms with Crippen LogP contribution >= 0.6 is 35.4 Å². The molecule has 1 atom stereocenters. The first-order valence-electron chi connectivity index (χ1n) is 11.4. The molecule has 5 nitrogen and oxygen atoms in total. The number of rotatable bonds is 11. The summed E-state index contributed by atoms with van der Waals surface area (Å²) in [7, 11) is 0. The Kier molecular flexibility index (Phi) is 10.7. The molecule has 184 valence electrons. The van der Waals surface area contributed by atoms with Gasteiger partial charge in [0.2, 0.25) is 0 Å². The molecule has 0 spiro atoms. The van der Waals surface area contributed by atoms with E-state index in [1.165, 1.54) is 5.56 Å². The van der Waals surface area contributed by atoms with E-state index in [-0.39, 0.29) is 0 Å². The van der Waals surface area contributed by atoms with E-state index in [2.05, 4.69) is 41.8 Å². The molecular weight excluding hydrogens is 501 g/mol. The van der Waals surface area contributed by atoms with Crippen molar-refractivity contribution in [3.8, 4) is 11.5 Å². The minimum Gasteiger partial charge on any atom is -0.490 e. The Morgan fingerprint density at radius 2 is 1.66 bits per heavy atom. The van der Waals surface area contributed by atoms with Gasteiger partial charge < -0.3 is 14.8 Å². The van der Waals surface area contributed by atoms with Crippen LogP contribution in [0.2, 0.25) is 10.0 Å². The Bertz CT molecular complexity index is 1100. The fourth-order valence-corrected chi connectivity index (χ4v) is 3.94. The zero-order valence-corrected chi connectivity index (χ0v) is 22.1. The molecule has 3 aromatic carbocycles. The highest BCUT2D eigenvalue weighted by molar-refractivity contribution is 7.80. The second-order valence-electron chi connectivity index (χ2n) is 7.93. The largest absolute Gasteiger partial charge is 0.490 e. The van der Waals surface area contributed by atoms with Gasteiger partial charge in [0, 0.05) is 6.54 Å². The van der Waals surface area contributed by atoms with Crippen LogP contribution in [0.25, 0.3) is 0 Å². The fourth-order valence-electron chi connectivity index (χ4n) is 3.21. The van der Waals surface area contributed by atoms with E-state index in [1.54, 1.807) is 18.3 Å². The van der Waals surface area contributed by atoms with E-state index in [1.807, 2.05) is 42.5 Å². The smallest absolute Gasteiger partial charge is 0.187 e. The Balaban J connectivity index is 1.44. The minimum atomic E-state index is 0.308. The van der Waals surface area contributed by atoms with Crippen molar-refractivity contribution in [2.45, 2.75) is 32.7 Å². The maximum absolute atomic E-state index is 6.38. The summed E-state index contributed by atoms with van der Waals surface area (Å²) in [5.74, 6) is 1.75. The molecule has 8 heteroatoms. The van der Waals surface area contributed by atoms with Crippen molar-refractivity contribution in [1.29, 1.82) is 0 Å². The van der Waals surface area contributed by atoms with E-state index in [9.17, 15) is 0 Å². The normalized spacial score (nSPS) is 11.8. The quantitative estimate of drug-likeness (QED) is 0.121. The topological polar surface area (TPSA) is 54.9 Å². The zero-order chi connectivity index (χ0) is 25.0. The van der Waals surface area contributed by atoms with Gasteiger partial charge in [0.1, 0.15) is 19.0 Å². The SMILES string of the molecule is CC[C@H](C)c1ccc(OCCOc2c(Cl)cc(/C=N\NC(=S)NCc3ccccc3)cc2Cl)cc1. The third kappa shape index (κ3) is 8.73. The third-order valence-electron chi connectivity index (χ3n) is 5.36. The van der Waals surface area contributed by atoms with Crippen LogP contribution in [0.3, 0.4) is 0 Å². The third-order valence-corrected chi connectivity index (χ3v) is 6.15. The lowest BCUT2D eigenvalue weighted by Crippen LogP contribution is -2.31. The van der Waals surface area contributed by atoms with Crippen molar-refractivity contribution in [3.63, 3.8) is 0 Å².